The maximum absolute atomic E-state index is 11.7. The predicted octanol–water partition coefficient (Wildman–Crippen LogP) is 5.89. The first-order chi connectivity index (χ1) is 12.2. The van der Waals surface area contributed by atoms with Crippen LogP contribution in [0.1, 0.15) is 91.9 Å². The van der Waals surface area contributed by atoms with E-state index in [2.05, 4.69) is 27.7 Å². The number of hydrogen-bond donors (Lipinski definition) is 0. The second-order valence-electron chi connectivity index (χ2n) is 8.44. The largest absolute Gasteiger partial charge is 0.466 e. The third-order valence-electron chi connectivity index (χ3n) is 4.04. The van der Waals surface area contributed by atoms with E-state index < -0.39 is 0 Å². The number of hydrogen-bond acceptors (Lipinski definition) is 4. The molecule has 0 bridgehead atoms. The Balaban J connectivity index is 3.53. The van der Waals surface area contributed by atoms with Crippen molar-refractivity contribution in [2.24, 2.45) is 11.3 Å². The van der Waals surface area contributed by atoms with E-state index in [-0.39, 0.29) is 30.2 Å². The van der Waals surface area contributed by atoms with E-state index in [0.29, 0.717) is 25.6 Å². The number of rotatable bonds is 15. The minimum Gasteiger partial charge on any atom is -0.466 e. The standard InChI is InChI=1S/C21H39ClO4/c1-18(16-21(2,3)4)17-26-20(24)13-11-12-19(23)25-15-10-8-6-5-7-9-14-22/h18H,5-17H2,1-4H3. The molecule has 0 rings (SSSR count). The fraction of sp³-hybridized carbons (Fsp3) is 0.905. The number of carbonyl (C=O) groups is 2. The van der Waals surface area contributed by atoms with Crippen LogP contribution in [0, 0.1) is 11.3 Å². The number of unbranched alkanes of at least 4 members (excludes halogenated alkanes) is 5. The van der Waals surface area contributed by atoms with Gasteiger partial charge >= 0.3 is 11.9 Å². The lowest BCUT2D eigenvalue weighted by Crippen LogP contribution is -2.17. The van der Waals surface area contributed by atoms with Crippen molar-refractivity contribution < 1.29 is 19.1 Å². The molecule has 26 heavy (non-hydrogen) atoms. The van der Waals surface area contributed by atoms with Crippen molar-refractivity contribution in [2.45, 2.75) is 91.9 Å². The third kappa shape index (κ3) is 18.0. The van der Waals surface area contributed by atoms with Crippen LogP contribution in [0.2, 0.25) is 0 Å². The van der Waals surface area contributed by atoms with Crippen LogP contribution in [0.5, 0.6) is 0 Å². The molecule has 0 amide bonds. The van der Waals surface area contributed by atoms with Crippen molar-refractivity contribution in [3.8, 4) is 0 Å². The van der Waals surface area contributed by atoms with Gasteiger partial charge in [-0.25, -0.2) is 0 Å². The van der Waals surface area contributed by atoms with E-state index in [9.17, 15) is 9.59 Å². The zero-order valence-corrected chi connectivity index (χ0v) is 18.0. The van der Waals surface area contributed by atoms with Crippen molar-refractivity contribution in [2.75, 3.05) is 19.1 Å². The van der Waals surface area contributed by atoms with Crippen LogP contribution in [0.15, 0.2) is 0 Å². The molecule has 0 saturated carbocycles. The van der Waals surface area contributed by atoms with Gasteiger partial charge in [0.25, 0.3) is 0 Å². The number of esters is 2. The van der Waals surface area contributed by atoms with Crippen molar-refractivity contribution in [1.82, 2.24) is 0 Å². The molecule has 0 aliphatic rings. The summed E-state index contributed by atoms with van der Waals surface area (Å²) in [4.78, 5) is 23.4. The van der Waals surface area contributed by atoms with E-state index in [1.807, 2.05) is 0 Å². The van der Waals surface area contributed by atoms with Crippen molar-refractivity contribution in [3.05, 3.63) is 0 Å². The maximum atomic E-state index is 11.7. The highest BCUT2D eigenvalue weighted by molar-refractivity contribution is 6.17. The van der Waals surface area contributed by atoms with Gasteiger partial charge in [0, 0.05) is 18.7 Å². The highest BCUT2D eigenvalue weighted by atomic mass is 35.5. The lowest BCUT2D eigenvalue weighted by molar-refractivity contribution is -0.146. The van der Waals surface area contributed by atoms with Crippen LogP contribution in [-0.4, -0.2) is 31.0 Å². The SMILES string of the molecule is CC(COC(=O)CCCC(=O)OCCCCCCCCCl)CC(C)(C)C. The molecule has 0 radical (unpaired) electrons. The van der Waals surface area contributed by atoms with Crippen molar-refractivity contribution in [1.29, 1.82) is 0 Å². The number of ether oxygens (including phenoxy) is 2. The van der Waals surface area contributed by atoms with Crippen LogP contribution in [-0.2, 0) is 19.1 Å². The summed E-state index contributed by atoms with van der Waals surface area (Å²) in [5.41, 5.74) is 0.236. The lowest BCUT2D eigenvalue weighted by atomic mass is 9.86. The molecule has 0 fully saturated rings. The van der Waals surface area contributed by atoms with Gasteiger partial charge in [0.15, 0.2) is 0 Å². The third-order valence-corrected chi connectivity index (χ3v) is 4.31. The summed E-state index contributed by atoms with van der Waals surface area (Å²) in [5.74, 6) is 0.636. The second-order valence-corrected chi connectivity index (χ2v) is 8.82. The summed E-state index contributed by atoms with van der Waals surface area (Å²) in [7, 11) is 0. The van der Waals surface area contributed by atoms with E-state index in [0.717, 1.165) is 38.0 Å². The minimum atomic E-state index is -0.226. The first-order valence-electron chi connectivity index (χ1n) is 10.1. The molecule has 0 aromatic rings. The average Bonchev–Trinajstić information content (AvgIpc) is 2.54. The monoisotopic (exact) mass is 390 g/mol. The highest BCUT2D eigenvalue weighted by Crippen LogP contribution is 2.24. The molecular weight excluding hydrogens is 352 g/mol. The zero-order valence-electron chi connectivity index (χ0n) is 17.3. The van der Waals surface area contributed by atoms with Gasteiger partial charge in [-0.2, -0.15) is 0 Å². The highest BCUT2D eigenvalue weighted by Gasteiger charge is 2.16. The molecule has 0 aromatic carbocycles. The van der Waals surface area contributed by atoms with E-state index in [4.69, 9.17) is 21.1 Å². The Morgan fingerprint density at radius 3 is 1.96 bits per heavy atom. The lowest BCUT2D eigenvalue weighted by Gasteiger charge is -2.22. The van der Waals surface area contributed by atoms with Gasteiger partial charge in [-0.15, -0.1) is 11.6 Å². The fourth-order valence-corrected chi connectivity index (χ4v) is 3.14. The summed E-state index contributed by atoms with van der Waals surface area (Å²) in [6, 6.07) is 0. The van der Waals surface area contributed by atoms with Gasteiger partial charge in [0.1, 0.15) is 0 Å². The quantitative estimate of drug-likeness (QED) is 0.198. The smallest absolute Gasteiger partial charge is 0.305 e. The van der Waals surface area contributed by atoms with Crippen LogP contribution >= 0.6 is 11.6 Å². The molecule has 5 heteroatoms. The minimum absolute atomic E-state index is 0.221. The average molecular weight is 391 g/mol. The molecule has 0 N–H and O–H groups in total. The van der Waals surface area contributed by atoms with E-state index >= 15 is 0 Å². The second kappa shape index (κ2) is 15.3. The number of halogens is 1. The summed E-state index contributed by atoms with van der Waals surface area (Å²) in [5, 5.41) is 0. The summed E-state index contributed by atoms with van der Waals surface area (Å²) >= 11 is 5.63. The molecule has 0 heterocycles. The molecule has 0 aromatic heterocycles. The maximum Gasteiger partial charge on any atom is 0.305 e. The van der Waals surface area contributed by atoms with Gasteiger partial charge in [-0.05, 0) is 37.0 Å². The van der Waals surface area contributed by atoms with Crippen LogP contribution in [0.3, 0.4) is 0 Å². The van der Waals surface area contributed by atoms with Crippen LogP contribution in [0.25, 0.3) is 0 Å². The predicted molar refractivity (Wildman–Crippen MR) is 107 cm³/mol. The van der Waals surface area contributed by atoms with E-state index in [1.165, 1.54) is 12.8 Å². The van der Waals surface area contributed by atoms with E-state index in [1.54, 1.807) is 0 Å². The molecular formula is C21H39ClO4. The first kappa shape index (κ1) is 25.2. The van der Waals surface area contributed by atoms with Gasteiger partial charge < -0.3 is 9.47 Å². The molecule has 0 aliphatic heterocycles. The molecule has 154 valence electrons. The Morgan fingerprint density at radius 1 is 0.846 bits per heavy atom. The summed E-state index contributed by atoms with van der Waals surface area (Å²) < 4.78 is 10.5. The normalized spacial score (nSPS) is 12.7. The van der Waals surface area contributed by atoms with Crippen LogP contribution in [0.4, 0.5) is 0 Å². The fourth-order valence-electron chi connectivity index (χ4n) is 2.95. The molecule has 4 nitrogen and oxygen atoms in total. The van der Waals surface area contributed by atoms with Gasteiger partial charge in [0.05, 0.1) is 13.2 Å². The Bertz CT molecular complexity index is 377. The Hall–Kier alpha value is -0.770. The molecule has 1 unspecified atom stereocenters. The summed E-state index contributed by atoms with van der Waals surface area (Å²) in [6.07, 6.45) is 8.65. The van der Waals surface area contributed by atoms with Crippen molar-refractivity contribution in [3.63, 3.8) is 0 Å². The Labute approximate surface area is 165 Å². The first-order valence-corrected chi connectivity index (χ1v) is 10.7. The molecule has 0 saturated heterocycles. The van der Waals surface area contributed by atoms with Gasteiger partial charge in [0.2, 0.25) is 0 Å². The molecule has 0 spiro atoms. The number of alkyl halides is 1. The van der Waals surface area contributed by atoms with Gasteiger partial charge in [-0.3, -0.25) is 9.59 Å². The number of carbonyl (C=O) groups excluding carboxylic acids is 2. The zero-order chi connectivity index (χ0) is 19.8. The van der Waals surface area contributed by atoms with Crippen LogP contribution < -0.4 is 0 Å². The topological polar surface area (TPSA) is 52.6 Å². The summed E-state index contributed by atoms with van der Waals surface area (Å²) in [6.45, 7) is 9.55. The Morgan fingerprint density at radius 2 is 1.38 bits per heavy atom. The molecule has 0 aliphatic carbocycles. The molecule has 1 atom stereocenters. The Kier molecular flexibility index (Phi) is 14.9. The van der Waals surface area contributed by atoms with Gasteiger partial charge in [-0.1, -0.05) is 53.4 Å². The van der Waals surface area contributed by atoms with Crippen molar-refractivity contribution >= 4 is 23.5 Å².